The lowest BCUT2D eigenvalue weighted by Gasteiger charge is -2.23. The molecule has 0 aromatic carbocycles. The summed E-state index contributed by atoms with van der Waals surface area (Å²) in [7, 11) is 0. The van der Waals surface area contributed by atoms with Crippen LogP contribution in [0.2, 0.25) is 0 Å². The van der Waals surface area contributed by atoms with E-state index >= 15 is 0 Å². The number of pyridine rings is 1. The van der Waals surface area contributed by atoms with Gasteiger partial charge in [0.05, 0.1) is 17.4 Å². The molecule has 2 rings (SSSR count). The van der Waals surface area contributed by atoms with Gasteiger partial charge in [0.2, 0.25) is 0 Å². The first-order chi connectivity index (χ1) is 8.90. The van der Waals surface area contributed by atoms with Crippen molar-refractivity contribution in [2.45, 2.75) is 33.3 Å². The molecular formula is C14H21N3OS. The molecule has 2 unspecified atom stereocenters. The zero-order valence-corrected chi connectivity index (χ0v) is 12.5. The van der Waals surface area contributed by atoms with E-state index in [0.717, 1.165) is 42.1 Å². The number of nitrogens with two attached hydrogens (primary N) is 1. The number of aliphatic hydroxyl groups is 1. The van der Waals surface area contributed by atoms with Gasteiger partial charge in [-0.1, -0.05) is 12.2 Å². The second kappa shape index (κ2) is 5.43. The van der Waals surface area contributed by atoms with Gasteiger partial charge < -0.3 is 15.7 Å². The molecule has 104 valence electrons. The average molecular weight is 279 g/mol. The second-order valence-electron chi connectivity index (χ2n) is 5.34. The van der Waals surface area contributed by atoms with Gasteiger partial charge in [-0.15, -0.1) is 0 Å². The topological polar surface area (TPSA) is 62.4 Å². The summed E-state index contributed by atoms with van der Waals surface area (Å²) in [5, 5.41) is 9.71. The molecule has 1 aliphatic heterocycles. The van der Waals surface area contributed by atoms with Crippen LogP contribution >= 0.6 is 12.2 Å². The second-order valence-corrected chi connectivity index (χ2v) is 5.78. The van der Waals surface area contributed by atoms with Crippen LogP contribution < -0.4 is 10.6 Å². The maximum absolute atomic E-state index is 9.71. The van der Waals surface area contributed by atoms with Gasteiger partial charge in [0, 0.05) is 30.4 Å². The number of anilines is 1. The van der Waals surface area contributed by atoms with E-state index in [2.05, 4.69) is 9.88 Å². The Morgan fingerprint density at radius 3 is 2.79 bits per heavy atom. The molecule has 0 aliphatic carbocycles. The molecule has 0 saturated carbocycles. The highest BCUT2D eigenvalue weighted by Gasteiger charge is 2.28. The third-order valence-corrected chi connectivity index (χ3v) is 4.01. The monoisotopic (exact) mass is 279 g/mol. The lowest BCUT2D eigenvalue weighted by molar-refractivity contribution is 0.136. The van der Waals surface area contributed by atoms with Crippen LogP contribution in [0.5, 0.6) is 0 Å². The first kappa shape index (κ1) is 14.2. The first-order valence-corrected chi connectivity index (χ1v) is 7.02. The minimum atomic E-state index is -0.276. The Kier molecular flexibility index (Phi) is 4.06. The molecule has 1 saturated heterocycles. The fraction of sp³-hybridized carbons (Fsp3) is 0.571. The van der Waals surface area contributed by atoms with Crippen molar-refractivity contribution < 1.29 is 5.11 Å². The number of rotatable bonds is 3. The average Bonchev–Trinajstić information content (AvgIpc) is 2.76. The quantitative estimate of drug-likeness (QED) is 0.822. The van der Waals surface area contributed by atoms with Crippen molar-refractivity contribution in [2.24, 2.45) is 11.7 Å². The molecule has 1 aromatic heterocycles. The van der Waals surface area contributed by atoms with Gasteiger partial charge in [0.25, 0.3) is 0 Å². The van der Waals surface area contributed by atoms with Crippen molar-refractivity contribution in [3.63, 3.8) is 0 Å². The summed E-state index contributed by atoms with van der Waals surface area (Å²) < 4.78 is 0. The Morgan fingerprint density at radius 1 is 1.58 bits per heavy atom. The molecule has 5 heteroatoms. The van der Waals surface area contributed by atoms with Gasteiger partial charge in [-0.3, -0.25) is 4.98 Å². The smallest absolute Gasteiger partial charge is 0.107 e. The largest absolute Gasteiger partial charge is 0.393 e. The summed E-state index contributed by atoms with van der Waals surface area (Å²) in [6, 6.07) is 2.03. The molecule has 0 bridgehead atoms. The van der Waals surface area contributed by atoms with Gasteiger partial charge in [0.15, 0.2) is 0 Å². The van der Waals surface area contributed by atoms with Crippen LogP contribution in [0.3, 0.4) is 0 Å². The molecule has 4 nitrogen and oxygen atoms in total. The van der Waals surface area contributed by atoms with Crippen molar-refractivity contribution in [3.05, 3.63) is 23.0 Å². The molecule has 19 heavy (non-hydrogen) atoms. The fourth-order valence-corrected chi connectivity index (χ4v) is 3.01. The summed E-state index contributed by atoms with van der Waals surface area (Å²) in [6.07, 6.45) is 0.719. The number of nitrogens with zero attached hydrogens (tertiary/aromatic N) is 2. The van der Waals surface area contributed by atoms with Crippen LogP contribution in [0, 0.1) is 19.8 Å². The molecule has 0 radical (unpaired) electrons. The van der Waals surface area contributed by atoms with Gasteiger partial charge in [0.1, 0.15) is 4.99 Å². The zero-order valence-electron chi connectivity index (χ0n) is 11.7. The van der Waals surface area contributed by atoms with Crippen molar-refractivity contribution in [2.75, 3.05) is 18.0 Å². The summed E-state index contributed by atoms with van der Waals surface area (Å²) >= 11 is 5.16. The number of thiocarbonyl (C=S) groups is 1. The SMILES string of the molecule is Cc1cc(N2CCC(C(C)O)C2)c(C(N)=S)c(C)n1. The van der Waals surface area contributed by atoms with Gasteiger partial charge in [-0.25, -0.2) is 0 Å². The Labute approximate surface area is 119 Å². The Hall–Kier alpha value is -1.20. The summed E-state index contributed by atoms with van der Waals surface area (Å²) in [5.74, 6) is 0.313. The van der Waals surface area contributed by atoms with E-state index in [9.17, 15) is 5.11 Å². The van der Waals surface area contributed by atoms with Crippen molar-refractivity contribution in [1.82, 2.24) is 4.98 Å². The van der Waals surface area contributed by atoms with Crippen molar-refractivity contribution >= 4 is 22.9 Å². The predicted molar refractivity (Wildman–Crippen MR) is 81.6 cm³/mol. The van der Waals surface area contributed by atoms with E-state index in [1.807, 2.05) is 26.8 Å². The predicted octanol–water partition coefficient (Wildman–Crippen LogP) is 1.54. The Bertz CT molecular complexity index is 502. The van der Waals surface area contributed by atoms with Crippen LogP contribution in [0.4, 0.5) is 5.69 Å². The molecule has 1 fully saturated rings. The Morgan fingerprint density at radius 2 is 2.26 bits per heavy atom. The summed E-state index contributed by atoms with van der Waals surface area (Å²) in [4.78, 5) is 7.08. The summed E-state index contributed by atoms with van der Waals surface area (Å²) in [6.45, 7) is 7.53. The highest BCUT2D eigenvalue weighted by Crippen LogP contribution is 2.30. The van der Waals surface area contributed by atoms with E-state index in [0.29, 0.717) is 10.9 Å². The normalized spacial score (nSPS) is 20.6. The maximum atomic E-state index is 9.71. The van der Waals surface area contributed by atoms with Crippen molar-refractivity contribution in [3.8, 4) is 0 Å². The molecule has 2 heterocycles. The van der Waals surface area contributed by atoms with Crippen LogP contribution in [0.25, 0.3) is 0 Å². The van der Waals surface area contributed by atoms with E-state index in [1.54, 1.807) is 0 Å². The third-order valence-electron chi connectivity index (χ3n) is 3.80. The molecular weight excluding hydrogens is 258 g/mol. The minimum Gasteiger partial charge on any atom is -0.393 e. The standard InChI is InChI=1S/C14H21N3OS/c1-8-6-12(13(14(15)19)9(2)16-8)17-5-4-11(7-17)10(3)18/h6,10-11,18H,4-5,7H2,1-3H3,(H2,15,19). The third kappa shape index (κ3) is 2.87. The molecule has 0 spiro atoms. The molecule has 0 amide bonds. The molecule has 1 aromatic rings. The van der Waals surface area contributed by atoms with Crippen LogP contribution in [-0.2, 0) is 0 Å². The first-order valence-electron chi connectivity index (χ1n) is 6.61. The number of hydrogen-bond donors (Lipinski definition) is 2. The van der Waals surface area contributed by atoms with E-state index in [4.69, 9.17) is 18.0 Å². The van der Waals surface area contributed by atoms with Gasteiger partial charge in [-0.2, -0.15) is 0 Å². The lowest BCUT2D eigenvalue weighted by atomic mass is 10.0. The van der Waals surface area contributed by atoms with E-state index in [1.165, 1.54) is 0 Å². The Balaban J connectivity index is 2.37. The summed E-state index contributed by atoms with van der Waals surface area (Å²) in [5.41, 5.74) is 9.61. The zero-order chi connectivity index (χ0) is 14.2. The number of aromatic nitrogens is 1. The van der Waals surface area contributed by atoms with Crippen molar-refractivity contribution in [1.29, 1.82) is 0 Å². The molecule has 2 atom stereocenters. The van der Waals surface area contributed by atoms with E-state index < -0.39 is 0 Å². The van der Waals surface area contributed by atoms with Crippen LogP contribution in [0.15, 0.2) is 6.07 Å². The fourth-order valence-electron chi connectivity index (χ4n) is 2.76. The molecule has 1 aliphatic rings. The number of hydrogen-bond acceptors (Lipinski definition) is 4. The minimum absolute atomic E-state index is 0.276. The van der Waals surface area contributed by atoms with Gasteiger partial charge in [-0.05, 0) is 33.3 Å². The van der Waals surface area contributed by atoms with E-state index in [-0.39, 0.29) is 6.10 Å². The van der Waals surface area contributed by atoms with Crippen LogP contribution in [0.1, 0.15) is 30.3 Å². The maximum Gasteiger partial charge on any atom is 0.107 e. The highest BCUT2D eigenvalue weighted by molar-refractivity contribution is 7.80. The highest BCUT2D eigenvalue weighted by atomic mass is 32.1. The van der Waals surface area contributed by atoms with Crippen LogP contribution in [-0.4, -0.2) is 34.3 Å². The lowest BCUT2D eigenvalue weighted by Crippen LogP contribution is -2.27. The van der Waals surface area contributed by atoms with Gasteiger partial charge >= 0.3 is 0 Å². The molecule has 3 N–H and O–H groups in total. The number of aliphatic hydroxyl groups excluding tert-OH is 1. The number of aryl methyl sites for hydroxylation is 2.